The summed E-state index contributed by atoms with van der Waals surface area (Å²) in [5.74, 6) is 1.54. The van der Waals surface area contributed by atoms with Crippen molar-refractivity contribution in [3.05, 3.63) is 101 Å². The molecule has 1 unspecified atom stereocenters. The van der Waals surface area contributed by atoms with Crippen molar-refractivity contribution in [1.82, 2.24) is 0 Å². The number of carboxylic acids is 1. The Morgan fingerprint density at radius 1 is 0.967 bits per heavy atom. The van der Waals surface area contributed by atoms with Crippen molar-refractivity contribution in [2.24, 2.45) is 0 Å². The van der Waals surface area contributed by atoms with Crippen molar-refractivity contribution in [2.45, 2.75) is 30.4 Å². The zero-order chi connectivity index (χ0) is 20.8. The van der Waals surface area contributed by atoms with Gasteiger partial charge in [0.05, 0.1) is 11.9 Å². The highest BCUT2D eigenvalue weighted by molar-refractivity contribution is 7.99. The van der Waals surface area contributed by atoms with Crippen molar-refractivity contribution in [3.8, 4) is 5.75 Å². The molecule has 3 nitrogen and oxygen atoms in total. The average Bonchev–Trinajstić information content (AvgIpc) is 3.20. The molecule has 4 rings (SSSR count). The Morgan fingerprint density at radius 3 is 2.27 bits per heavy atom. The quantitative estimate of drug-likeness (QED) is 0.457. The molecule has 1 aliphatic rings. The third-order valence-electron chi connectivity index (χ3n) is 5.56. The Hall–Kier alpha value is -2.72. The van der Waals surface area contributed by atoms with E-state index in [0.717, 1.165) is 23.5 Å². The molecule has 0 saturated heterocycles. The van der Waals surface area contributed by atoms with Gasteiger partial charge in [-0.05, 0) is 35.3 Å². The molecule has 0 spiro atoms. The molecule has 0 fully saturated rings. The molecule has 3 aromatic rings. The second-order valence-corrected chi connectivity index (χ2v) is 8.81. The normalized spacial score (nSPS) is 15.0. The number of hydrogen-bond donors (Lipinski definition) is 1. The van der Waals surface area contributed by atoms with Crippen molar-refractivity contribution in [2.75, 3.05) is 12.4 Å². The molecule has 3 aromatic carbocycles. The average molecular weight is 419 g/mol. The molecule has 154 valence electrons. The standard InChI is InChI=1S/C26H26O3S/c27-24(28)15-14-19-12-7-13-23-22(18-29-25(19)23)16-17-30-26(20-8-3-1-4-9-20)21-10-5-2-6-11-21/h1-13,22,26H,14-18H2,(H,27,28). The van der Waals surface area contributed by atoms with Crippen LogP contribution in [0.3, 0.4) is 0 Å². The maximum atomic E-state index is 10.9. The van der Waals surface area contributed by atoms with Gasteiger partial charge >= 0.3 is 5.97 Å². The summed E-state index contributed by atoms with van der Waals surface area (Å²) in [6, 6.07) is 27.5. The van der Waals surface area contributed by atoms with Crippen molar-refractivity contribution in [1.29, 1.82) is 0 Å². The highest BCUT2D eigenvalue weighted by Crippen LogP contribution is 2.42. The fourth-order valence-corrected chi connectivity index (χ4v) is 5.38. The van der Waals surface area contributed by atoms with E-state index in [1.54, 1.807) is 0 Å². The number of ether oxygens (including phenoxy) is 1. The van der Waals surface area contributed by atoms with Crippen LogP contribution in [0.2, 0.25) is 0 Å². The SMILES string of the molecule is O=C(O)CCc1cccc2c1OCC2CCSC(c1ccccc1)c1ccccc1. The first-order valence-electron chi connectivity index (χ1n) is 10.4. The van der Waals surface area contributed by atoms with Crippen LogP contribution in [0.4, 0.5) is 0 Å². The van der Waals surface area contributed by atoms with Crippen molar-refractivity contribution >= 4 is 17.7 Å². The molecular formula is C26H26O3S. The van der Waals surface area contributed by atoms with E-state index < -0.39 is 5.97 Å². The number of aryl methyl sites for hydroxylation is 1. The molecule has 1 heterocycles. The number of fused-ring (bicyclic) bond motifs is 1. The van der Waals surface area contributed by atoms with Gasteiger partial charge in [0.25, 0.3) is 0 Å². The predicted molar refractivity (Wildman–Crippen MR) is 122 cm³/mol. The van der Waals surface area contributed by atoms with Crippen molar-refractivity contribution < 1.29 is 14.6 Å². The molecule has 4 heteroatoms. The van der Waals surface area contributed by atoms with E-state index in [2.05, 4.69) is 66.7 Å². The maximum Gasteiger partial charge on any atom is 0.303 e. The lowest BCUT2D eigenvalue weighted by Gasteiger charge is -2.19. The van der Waals surface area contributed by atoms with E-state index in [9.17, 15) is 4.79 Å². The molecule has 0 aliphatic carbocycles. The minimum Gasteiger partial charge on any atom is -0.492 e. The Morgan fingerprint density at radius 2 is 1.63 bits per heavy atom. The molecule has 30 heavy (non-hydrogen) atoms. The zero-order valence-electron chi connectivity index (χ0n) is 16.9. The largest absolute Gasteiger partial charge is 0.492 e. The van der Waals surface area contributed by atoms with Gasteiger partial charge in [0.1, 0.15) is 5.75 Å². The van der Waals surface area contributed by atoms with Gasteiger partial charge in [0.15, 0.2) is 0 Å². The minimum absolute atomic E-state index is 0.135. The Balaban J connectivity index is 1.43. The summed E-state index contributed by atoms with van der Waals surface area (Å²) in [4.78, 5) is 10.9. The van der Waals surface area contributed by atoms with Crippen LogP contribution in [0.25, 0.3) is 0 Å². The maximum absolute atomic E-state index is 10.9. The van der Waals surface area contributed by atoms with Gasteiger partial charge in [-0.3, -0.25) is 4.79 Å². The van der Waals surface area contributed by atoms with Crippen LogP contribution in [0.15, 0.2) is 78.9 Å². The molecule has 1 aliphatic heterocycles. The fraction of sp³-hybridized carbons (Fsp3) is 0.269. The highest BCUT2D eigenvalue weighted by Gasteiger charge is 2.26. The summed E-state index contributed by atoms with van der Waals surface area (Å²) in [5.41, 5.74) is 4.89. The second kappa shape index (κ2) is 9.86. The summed E-state index contributed by atoms with van der Waals surface area (Å²) in [6.45, 7) is 0.682. The van der Waals surface area contributed by atoms with Crippen LogP contribution in [-0.4, -0.2) is 23.4 Å². The van der Waals surface area contributed by atoms with Gasteiger partial charge in [-0.15, -0.1) is 11.8 Å². The van der Waals surface area contributed by atoms with Gasteiger partial charge < -0.3 is 9.84 Å². The number of thioether (sulfide) groups is 1. The molecule has 1 atom stereocenters. The van der Waals surface area contributed by atoms with E-state index >= 15 is 0 Å². The molecule has 0 aromatic heterocycles. The Labute approximate surface area is 182 Å². The third-order valence-corrected chi connectivity index (χ3v) is 6.91. The number of para-hydroxylation sites is 1. The summed E-state index contributed by atoms with van der Waals surface area (Å²) in [6.07, 6.45) is 1.69. The van der Waals surface area contributed by atoms with Crippen molar-refractivity contribution in [3.63, 3.8) is 0 Å². The van der Waals surface area contributed by atoms with E-state index in [1.165, 1.54) is 16.7 Å². The number of carbonyl (C=O) groups is 1. The van der Waals surface area contributed by atoms with E-state index in [0.29, 0.717) is 24.2 Å². The Bertz CT molecular complexity index is 933. The minimum atomic E-state index is -0.772. The van der Waals surface area contributed by atoms with E-state index in [1.807, 2.05) is 23.9 Å². The molecule has 1 N–H and O–H groups in total. The summed E-state index contributed by atoms with van der Waals surface area (Å²) in [5, 5.41) is 9.30. The first-order valence-corrected chi connectivity index (χ1v) is 11.4. The van der Waals surface area contributed by atoms with Crippen LogP contribution in [0.1, 0.15) is 46.3 Å². The lowest BCUT2D eigenvalue weighted by molar-refractivity contribution is -0.136. The number of aliphatic carboxylic acids is 1. The molecule has 0 radical (unpaired) electrons. The Kier molecular flexibility index (Phi) is 6.75. The monoisotopic (exact) mass is 418 g/mol. The fourth-order valence-electron chi connectivity index (χ4n) is 4.02. The van der Waals surface area contributed by atoms with Crippen LogP contribution < -0.4 is 4.74 Å². The molecule has 0 bridgehead atoms. The number of rotatable bonds is 9. The van der Waals surface area contributed by atoms with Gasteiger partial charge in [-0.25, -0.2) is 0 Å². The summed E-state index contributed by atoms with van der Waals surface area (Å²) in [7, 11) is 0. The van der Waals surface area contributed by atoms with Gasteiger partial charge in [0.2, 0.25) is 0 Å². The number of carboxylic acid groups (broad SMARTS) is 1. The smallest absolute Gasteiger partial charge is 0.303 e. The highest BCUT2D eigenvalue weighted by atomic mass is 32.2. The molecule has 0 saturated carbocycles. The molecular weight excluding hydrogens is 392 g/mol. The van der Waals surface area contributed by atoms with Crippen LogP contribution >= 0.6 is 11.8 Å². The van der Waals surface area contributed by atoms with Crippen LogP contribution in [-0.2, 0) is 11.2 Å². The van der Waals surface area contributed by atoms with Crippen LogP contribution in [0, 0.1) is 0 Å². The van der Waals surface area contributed by atoms with Gasteiger partial charge in [-0.1, -0.05) is 78.9 Å². The first-order chi connectivity index (χ1) is 14.7. The number of hydrogen-bond acceptors (Lipinski definition) is 3. The van der Waals surface area contributed by atoms with Gasteiger partial charge in [-0.2, -0.15) is 0 Å². The predicted octanol–water partition coefficient (Wildman–Crippen LogP) is 6.09. The van der Waals surface area contributed by atoms with E-state index in [4.69, 9.17) is 9.84 Å². The topological polar surface area (TPSA) is 46.5 Å². The van der Waals surface area contributed by atoms with Gasteiger partial charge in [0, 0.05) is 17.9 Å². The lowest BCUT2D eigenvalue weighted by atomic mass is 9.95. The second-order valence-electron chi connectivity index (χ2n) is 7.60. The summed E-state index contributed by atoms with van der Waals surface area (Å²) < 4.78 is 6.00. The third kappa shape index (κ3) is 4.88. The first kappa shape index (κ1) is 20.5. The summed E-state index contributed by atoms with van der Waals surface area (Å²) >= 11 is 1.97. The zero-order valence-corrected chi connectivity index (χ0v) is 17.7. The van der Waals surface area contributed by atoms with E-state index in [-0.39, 0.29) is 6.42 Å². The van der Waals surface area contributed by atoms with Crippen LogP contribution in [0.5, 0.6) is 5.75 Å². The molecule has 0 amide bonds. The lowest BCUT2D eigenvalue weighted by Crippen LogP contribution is -2.04. The number of benzene rings is 3.